The zero-order valence-electron chi connectivity index (χ0n) is 17.2. The van der Waals surface area contributed by atoms with Gasteiger partial charge in [0.2, 0.25) is 0 Å². The molecular formula is C25H25N3O2S. The molecule has 1 aliphatic heterocycles. The standard InChI is InChI=1S/C25H25N3O2S/c29-25(30)24(28-14-12-27(13-15-28)17-19-9-6-16-31-19)22-20-10-4-5-11-21(20)26-23(22)18-7-2-1-3-8-18/h1-11,16,24,26H,12-15,17H2,(H,29,30)/t24-/m1/s1. The number of thiophene rings is 1. The van der Waals surface area contributed by atoms with E-state index in [9.17, 15) is 9.90 Å². The molecule has 2 N–H and O–H groups in total. The summed E-state index contributed by atoms with van der Waals surface area (Å²) in [6, 6.07) is 21.6. The van der Waals surface area contributed by atoms with Gasteiger partial charge in [0.15, 0.2) is 0 Å². The van der Waals surface area contributed by atoms with Crippen molar-refractivity contribution in [3.8, 4) is 11.3 Å². The SMILES string of the molecule is O=C(O)[C@@H](c1c(-c2ccccc2)[nH]c2ccccc12)N1CCN(Cc2cccs2)CC1. The Labute approximate surface area is 185 Å². The van der Waals surface area contributed by atoms with Crippen LogP contribution in [0.25, 0.3) is 22.2 Å². The Kier molecular flexibility index (Phi) is 5.59. The monoisotopic (exact) mass is 431 g/mol. The number of aromatic nitrogens is 1. The Bertz CT molecular complexity index is 1160. The fourth-order valence-corrected chi connectivity index (χ4v) is 5.29. The third-order valence-corrected chi connectivity index (χ3v) is 6.91. The van der Waals surface area contributed by atoms with Crippen molar-refractivity contribution < 1.29 is 9.90 Å². The highest BCUT2D eigenvalue weighted by molar-refractivity contribution is 7.09. The van der Waals surface area contributed by atoms with E-state index in [1.807, 2.05) is 54.6 Å². The van der Waals surface area contributed by atoms with Crippen molar-refractivity contribution in [3.05, 3.63) is 82.6 Å². The average Bonchev–Trinajstić information content (AvgIpc) is 3.44. The summed E-state index contributed by atoms with van der Waals surface area (Å²) in [7, 11) is 0. The van der Waals surface area contributed by atoms with Gasteiger partial charge in [-0.2, -0.15) is 0 Å². The number of benzene rings is 2. The summed E-state index contributed by atoms with van der Waals surface area (Å²) in [5, 5.41) is 13.4. The number of rotatable bonds is 6. The highest BCUT2D eigenvalue weighted by Gasteiger charge is 2.34. The molecule has 3 heterocycles. The van der Waals surface area contributed by atoms with Gasteiger partial charge in [0.05, 0.1) is 5.69 Å². The largest absolute Gasteiger partial charge is 0.480 e. The summed E-state index contributed by atoms with van der Waals surface area (Å²) < 4.78 is 0. The molecule has 2 aromatic carbocycles. The molecule has 31 heavy (non-hydrogen) atoms. The molecule has 2 aromatic heterocycles. The zero-order chi connectivity index (χ0) is 21.2. The number of H-pyrrole nitrogens is 1. The van der Waals surface area contributed by atoms with Gasteiger partial charge in [0, 0.05) is 54.1 Å². The number of para-hydroxylation sites is 1. The van der Waals surface area contributed by atoms with Gasteiger partial charge in [-0.05, 0) is 23.1 Å². The van der Waals surface area contributed by atoms with E-state index < -0.39 is 12.0 Å². The number of fused-ring (bicyclic) bond motifs is 1. The number of nitrogens with one attached hydrogen (secondary N) is 1. The molecule has 158 valence electrons. The third kappa shape index (κ3) is 4.02. The first-order valence-electron chi connectivity index (χ1n) is 10.6. The maximum Gasteiger partial charge on any atom is 0.325 e. The second-order valence-corrected chi connectivity index (χ2v) is 8.99. The molecule has 1 atom stereocenters. The molecule has 1 aliphatic rings. The minimum absolute atomic E-state index is 0.685. The number of hydrogen-bond donors (Lipinski definition) is 2. The van der Waals surface area contributed by atoms with Gasteiger partial charge in [-0.1, -0.05) is 54.6 Å². The molecule has 0 saturated carbocycles. The van der Waals surface area contributed by atoms with E-state index in [4.69, 9.17) is 0 Å². The van der Waals surface area contributed by atoms with Crippen molar-refractivity contribution in [2.45, 2.75) is 12.6 Å². The molecule has 0 spiro atoms. The van der Waals surface area contributed by atoms with Crippen molar-refractivity contribution in [1.82, 2.24) is 14.8 Å². The minimum atomic E-state index is -0.798. The van der Waals surface area contributed by atoms with Crippen molar-refractivity contribution in [3.63, 3.8) is 0 Å². The predicted molar refractivity (Wildman–Crippen MR) is 125 cm³/mol. The van der Waals surface area contributed by atoms with Crippen molar-refractivity contribution in [1.29, 1.82) is 0 Å². The number of aromatic amines is 1. The molecular weight excluding hydrogens is 406 g/mol. The normalized spacial score (nSPS) is 16.5. The molecule has 0 radical (unpaired) electrons. The first-order valence-corrected chi connectivity index (χ1v) is 11.5. The molecule has 5 nitrogen and oxygen atoms in total. The first-order chi connectivity index (χ1) is 15.2. The Morgan fingerprint density at radius 2 is 1.71 bits per heavy atom. The highest BCUT2D eigenvalue weighted by atomic mass is 32.1. The molecule has 0 bridgehead atoms. The number of carboxylic acid groups (broad SMARTS) is 1. The van der Waals surface area contributed by atoms with E-state index >= 15 is 0 Å². The summed E-state index contributed by atoms with van der Waals surface area (Å²) in [4.78, 5) is 22.0. The second kappa shape index (κ2) is 8.67. The lowest BCUT2D eigenvalue weighted by Crippen LogP contribution is -2.48. The molecule has 6 heteroatoms. The smallest absolute Gasteiger partial charge is 0.325 e. The maximum atomic E-state index is 12.6. The molecule has 0 aliphatic carbocycles. The number of carbonyl (C=O) groups is 1. The van der Waals surface area contributed by atoms with Crippen LogP contribution in [0.2, 0.25) is 0 Å². The molecule has 1 fully saturated rings. The van der Waals surface area contributed by atoms with E-state index in [-0.39, 0.29) is 0 Å². The van der Waals surface area contributed by atoms with Crippen LogP contribution in [0.15, 0.2) is 72.1 Å². The van der Waals surface area contributed by atoms with Gasteiger partial charge in [0.25, 0.3) is 0 Å². The molecule has 4 aromatic rings. The molecule has 0 amide bonds. The van der Waals surface area contributed by atoms with Gasteiger partial charge in [-0.25, -0.2) is 0 Å². The van der Waals surface area contributed by atoms with Crippen LogP contribution in [0, 0.1) is 0 Å². The lowest BCUT2D eigenvalue weighted by atomic mass is 9.97. The fourth-order valence-electron chi connectivity index (χ4n) is 4.54. The van der Waals surface area contributed by atoms with E-state index in [0.29, 0.717) is 0 Å². The summed E-state index contributed by atoms with van der Waals surface area (Å²) in [5.74, 6) is -0.798. The van der Waals surface area contributed by atoms with Crippen LogP contribution in [-0.2, 0) is 11.3 Å². The highest BCUT2D eigenvalue weighted by Crippen LogP contribution is 2.38. The van der Waals surface area contributed by atoms with Crippen molar-refractivity contribution in [2.24, 2.45) is 0 Å². The number of hydrogen-bond acceptors (Lipinski definition) is 4. The van der Waals surface area contributed by atoms with Gasteiger partial charge in [-0.15, -0.1) is 11.3 Å². The van der Waals surface area contributed by atoms with Crippen LogP contribution >= 0.6 is 11.3 Å². The van der Waals surface area contributed by atoms with Gasteiger partial charge < -0.3 is 10.1 Å². The second-order valence-electron chi connectivity index (χ2n) is 7.96. The van der Waals surface area contributed by atoms with E-state index in [1.165, 1.54) is 4.88 Å². The number of piperazine rings is 1. The number of carboxylic acids is 1. The Hall–Kier alpha value is -2.93. The summed E-state index contributed by atoms with van der Waals surface area (Å²) in [6.45, 7) is 4.13. The summed E-state index contributed by atoms with van der Waals surface area (Å²) in [6.07, 6.45) is 0. The fraction of sp³-hybridized carbons (Fsp3) is 0.240. The Morgan fingerprint density at radius 3 is 2.42 bits per heavy atom. The lowest BCUT2D eigenvalue weighted by molar-refractivity contribution is -0.144. The van der Waals surface area contributed by atoms with E-state index in [1.54, 1.807) is 11.3 Å². The van der Waals surface area contributed by atoms with Crippen LogP contribution in [-0.4, -0.2) is 52.0 Å². The van der Waals surface area contributed by atoms with Crippen molar-refractivity contribution in [2.75, 3.05) is 26.2 Å². The number of aliphatic carboxylic acids is 1. The lowest BCUT2D eigenvalue weighted by Gasteiger charge is -2.37. The van der Waals surface area contributed by atoms with E-state index in [0.717, 1.165) is 60.4 Å². The van der Waals surface area contributed by atoms with Crippen LogP contribution in [0.4, 0.5) is 0 Å². The first kappa shape index (κ1) is 20.0. The molecule has 1 saturated heterocycles. The third-order valence-electron chi connectivity index (χ3n) is 6.05. The quantitative estimate of drug-likeness (QED) is 0.459. The van der Waals surface area contributed by atoms with Crippen LogP contribution in [0.1, 0.15) is 16.5 Å². The number of nitrogens with zero attached hydrogens (tertiary/aromatic N) is 2. The van der Waals surface area contributed by atoms with Crippen LogP contribution in [0.5, 0.6) is 0 Å². The summed E-state index contributed by atoms with van der Waals surface area (Å²) >= 11 is 1.77. The van der Waals surface area contributed by atoms with Gasteiger partial charge in [0.1, 0.15) is 6.04 Å². The summed E-state index contributed by atoms with van der Waals surface area (Å²) in [5.41, 5.74) is 3.74. The van der Waals surface area contributed by atoms with E-state index in [2.05, 4.69) is 32.3 Å². The maximum absolute atomic E-state index is 12.6. The predicted octanol–water partition coefficient (Wildman–Crippen LogP) is 4.84. The van der Waals surface area contributed by atoms with Crippen molar-refractivity contribution >= 4 is 28.2 Å². The zero-order valence-corrected chi connectivity index (χ0v) is 18.0. The van der Waals surface area contributed by atoms with Crippen LogP contribution in [0.3, 0.4) is 0 Å². The minimum Gasteiger partial charge on any atom is -0.480 e. The Balaban J connectivity index is 1.48. The topological polar surface area (TPSA) is 59.6 Å². The van der Waals surface area contributed by atoms with Gasteiger partial charge >= 0.3 is 5.97 Å². The molecule has 0 unspecified atom stereocenters. The van der Waals surface area contributed by atoms with Crippen LogP contribution < -0.4 is 0 Å². The Morgan fingerprint density at radius 1 is 0.968 bits per heavy atom. The molecule has 5 rings (SSSR count). The van der Waals surface area contributed by atoms with Gasteiger partial charge in [-0.3, -0.25) is 14.6 Å². The average molecular weight is 432 g/mol.